The van der Waals surface area contributed by atoms with Crippen molar-refractivity contribution in [3.8, 4) is 16.3 Å². The number of carbonyl (C=O) groups is 2. The van der Waals surface area contributed by atoms with Crippen LogP contribution in [0.25, 0.3) is 27.3 Å². The first kappa shape index (κ1) is 24.1. The highest BCUT2D eigenvalue weighted by molar-refractivity contribution is 7.91. The average molecular weight is 525 g/mol. The third kappa shape index (κ3) is 4.63. The molecule has 186 valence electrons. The summed E-state index contributed by atoms with van der Waals surface area (Å²) in [6.07, 6.45) is 0.380. The Labute approximate surface area is 212 Å². The van der Waals surface area contributed by atoms with Crippen molar-refractivity contribution in [2.45, 2.75) is 19.4 Å². The minimum absolute atomic E-state index is 0.0558. The minimum Gasteiger partial charge on any atom is -0.452 e. The molecule has 1 aliphatic heterocycles. The van der Waals surface area contributed by atoms with Gasteiger partial charge in [0.15, 0.2) is 22.1 Å². The summed E-state index contributed by atoms with van der Waals surface area (Å²) in [5, 5.41) is 7.11. The van der Waals surface area contributed by atoms with Gasteiger partial charge < -0.3 is 9.64 Å². The van der Waals surface area contributed by atoms with E-state index < -0.39 is 34.4 Å². The Kier molecular flexibility index (Phi) is 6.35. The van der Waals surface area contributed by atoms with Gasteiger partial charge >= 0.3 is 5.97 Å². The first-order chi connectivity index (χ1) is 17.2. The zero-order valence-corrected chi connectivity index (χ0v) is 21.4. The molecular formula is C25H24N4O5S2. The largest absolute Gasteiger partial charge is 0.452 e. The van der Waals surface area contributed by atoms with E-state index in [1.807, 2.05) is 47.8 Å². The number of benzene rings is 1. The predicted molar refractivity (Wildman–Crippen MR) is 137 cm³/mol. The molecule has 9 nitrogen and oxygen atoms in total. The van der Waals surface area contributed by atoms with E-state index in [0.29, 0.717) is 28.8 Å². The molecule has 36 heavy (non-hydrogen) atoms. The quantitative estimate of drug-likeness (QED) is 0.356. The van der Waals surface area contributed by atoms with E-state index in [1.165, 1.54) is 23.3 Å². The summed E-state index contributed by atoms with van der Waals surface area (Å²) in [5.74, 6) is -1.14. The van der Waals surface area contributed by atoms with Crippen molar-refractivity contribution in [3.05, 3.63) is 65.2 Å². The number of likely N-dealkylation sites (N-methyl/N-ethyl adjacent to an activating group) is 1. The SMILES string of the molecule is Cc1nn(-c2ccccc2)c2nc(-c3cccs3)cc(C(=O)OCC(=O)N(C)C3CCS(=O)(=O)C3)c12. The number of pyridine rings is 1. The highest BCUT2D eigenvalue weighted by atomic mass is 32.2. The van der Waals surface area contributed by atoms with E-state index in [4.69, 9.17) is 9.72 Å². The maximum Gasteiger partial charge on any atom is 0.339 e. The molecule has 0 N–H and O–H groups in total. The van der Waals surface area contributed by atoms with Gasteiger partial charge in [0, 0.05) is 13.1 Å². The van der Waals surface area contributed by atoms with Crippen LogP contribution in [-0.2, 0) is 19.4 Å². The van der Waals surface area contributed by atoms with Crippen LogP contribution in [0.2, 0.25) is 0 Å². The smallest absolute Gasteiger partial charge is 0.339 e. The molecule has 0 radical (unpaired) electrons. The van der Waals surface area contributed by atoms with Crippen LogP contribution in [0.5, 0.6) is 0 Å². The normalized spacial score (nSPS) is 16.8. The van der Waals surface area contributed by atoms with Crippen molar-refractivity contribution < 1.29 is 22.7 Å². The summed E-state index contributed by atoms with van der Waals surface area (Å²) >= 11 is 1.50. The van der Waals surface area contributed by atoms with E-state index in [9.17, 15) is 18.0 Å². The molecule has 0 aliphatic carbocycles. The van der Waals surface area contributed by atoms with Crippen molar-refractivity contribution in [1.29, 1.82) is 0 Å². The van der Waals surface area contributed by atoms with Crippen molar-refractivity contribution in [2.75, 3.05) is 25.2 Å². The van der Waals surface area contributed by atoms with Crippen molar-refractivity contribution >= 4 is 44.1 Å². The van der Waals surface area contributed by atoms with Crippen LogP contribution in [0, 0.1) is 6.92 Å². The van der Waals surface area contributed by atoms with Crippen LogP contribution in [0.4, 0.5) is 0 Å². The second-order valence-corrected chi connectivity index (χ2v) is 11.9. The van der Waals surface area contributed by atoms with E-state index in [1.54, 1.807) is 17.7 Å². The number of aryl methyl sites for hydroxylation is 1. The van der Waals surface area contributed by atoms with Crippen LogP contribution in [-0.4, -0.2) is 71.2 Å². The lowest BCUT2D eigenvalue weighted by Gasteiger charge is -2.23. The van der Waals surface area contributed by atoms with Crippen LogP contribution < -0.4 is 0 Å². The third-order valence-corrected chi connectivity index (χ3v) is 8.93. The molecule has 1 saturated heterocycles. The monoisotopic (exact) mass is 524 g/mol. The van der Waals surface area contributed by atoms with Crippen molar-refractivity contribution in [1.82, 2.24) is 19.7 Å². The second-order valence-electron chi connectivity index (χ2n) is 8.70. The number of carbonyl (C=O) groups excluding carboxylic acids is 2. The van der Waals surface area contributed by atoms with Crippen LogP contribution in [0.3, 0.4) is 0 Å². The molecule has 1 fully saturated rings. The number of nitrogens with zero attached hydrogens (tertiary/aromatic N) is 4. The molecule has 1 unspecified atom stereocenters. The first-order valence-corrected chi connectivity index (χ1v) is 14.1. The van der Waals surface area contributed by atoms with Gasteiger partial charge in [0.25, 0.3) is 5.91 Å². The lowest BCUT2D eigenvalue weighted by atomic mass is 10.1. The molecule has 0 bridgehead atoms. The second kappa shape index (κ2) is 9.47. The third-order valence-electron chi connectivity index (χ3n) is 6.28. The summed E-state index contributed by atoms with van der Waals surface area (Å²) < 4.78 is 30.7. The predicted octanol–water partition coefficient (Wildman–Crippen LogP) is 3.26. The fraction of sp³-hybridized carbons (Fsp3) is 0.280. The topological polar surface area (TPSA) is 111 Å². The Balaban J connectivity index is 1.47. The van der Waals surface area contributed by atoms with E-state index >= 15 is 0 Å². The summed E-state index contributed by atoms with van der Waals surface area (Å²) in [7, 11) is -1.60. The summed E-state index contributed by atoms with van der Waals surface area (Å²) in [4.78, 5) is 33.0. The fourth-order valence-electron chi connectivity index (χ4n) is 4.34. The first-order valence-electron chi connectivity index (χ1n) is 11.4. The van der Waals surface area contributed by atoms with Crippen molar-refractivity contribution in [2.24, 2.45) is 0 Å². The molecule has 4 heterocycles. The Morgan fingerprint density at radius 3 is 2.64 bits per heavy atom. The van der Waals surface area contributed by atoms with E-state index in [2.05, 4.69) is 5.10 Å². The molecule has 5 rings (SSSR count). The minimum atomic E-state index is -3.14. The Bertz CT molecular complexity index is 1550. The number of aromatic nitrogens is 3. The van der Waals surface area contributed by atoms with Gasteiger partial charge in [0.05, 0.1) is 44.4 Å². The van der Waals surface area contributed by atoms with Gasteiger partial charge in [-0.1, -0.05) is 24.3 Å². The molecule has 11 heteroatoms. The van der Waals surface area contributed by atoms with Crippen LogP contribution in [0.1, 0.15) is 22.5 Å². The van der Waals surface area contributed by atoms with Gasteiger partial charge in [-0.05, 0) is 43.0 Å². The number of esters is 1. The molecular weight excluding hydrogens is 500 g/mol. The number of thiophene rings is 1. The summed E-state index contributed by atoms with van der Waals surface area (Å²) in [6, 6.07) is 14.6. The van der Waals surface area contributed by atoms with Gasteiger partial charge in [0.2, 0.25) is 0 Å². The number of para-hydroxylation sites is 1. The highest BCUT2D eigenvalue weighted by Gasteiger charge is 2.33. The maximum absolute atomic E-state index is 13.3. The van der Waals surface area contributed by atoms with E-state index in [0.717, 1.165) is 10.6 Å². The van der Waals surface area contributed by atoms with Gasteiger partial charge in [-0.2, -0.15) is 5.10 Å². The fourth-order valence-corrected chi connectivity index (χ4v) is 6.80. The molecule has 1 amide bonds. The molecule has 0 saturated carbocycles. The molecule has 1 atom stereocenters. The molecule has 1 aromatic carbocycles. The Morgan fingerprint density at radius 1 is 1.19 bits per heavy atom. The van der Waals surface area contributed by atoms with Crippen LogP contribution in [0.15, 0.2) is 53.9 Å². The number of sulfone groups is 1. The van der Waals surface area contributed by atoms with Gasteiger partial charge in [0.1, 0.15) is 0 Å². The van der Waals surface area contributed by atoms with Crippen molar-refractivity contribution in [3.63, 3.8) is 0 Å². The Morgan fingerprint density at radius 2 is 1.97 bits per heavy atom. The number of rotatable bonds is 6. The zero-order valence-electron chi connectivity index (χ0n) is 19.7. The maximum atomic E-state index is 13.3. The number of hydrogen-bond acceptors (Lipinski definition) is 8. The van der Waals surface area contributed by atoms with E-state index in [-0.39, 0.29) is 17.1 Å². The zero-order chi connectivity index (χ0) is 25.4. The average Bonchev–Trinajstić information content (AvgIpc) is 3.61. The highest BCUT2D eigenvalue weighted by Crippen LogP contribution is 2.31. The standard InChI is InChI=1S/C25H24N4O5S2/c1-16-23-19(25(31)34-14-22(30)28(2)18-10-12-36(32,33)15-18)13-20(21-9-6-11-35-21)26-24(23)29(27-16)17-7-4-3-5-8-17/h3-9,11,13,18H,10,12,14-15H2,1-2H3. The summed E-state index contributed by atoms with van der Waals surface area (Å²) in [5.41, 5.74) is 2.78. The van der Waals surface area contributed by atoms with Gasteiger partial charge in [-0.25, -0.2) is 22.9 Å². The number of ether oxygens (including phenoxy) is 1. The lowest BCUT2D eigenvalue weighted by Crippen LogP contribution is -2.40. The number of hydrogen-bond donors (Lipinski definition) is 0. The Hall–Kier alpha value is -3.57. The molecule has 4 aromatic rings. The lowest BCUT2D eigenvalue weighted by molar-refractivity contribution is -0.134. The van der Waals surface area contributed by atoms with Crippen LogP contribution >= 0.6 is 11.3 Å². The molecule has 1 aliphatic rings. The van der Waals surface area contributed by atoms with Gasteiger partial charge in [-0.3, -0.25) is 4.79 Å². The van der Waals surface area contributed by atoms with Gasteiger partial charge in [-0.15, -0.1) is 11.3 Å². The molecule has 0 spiro atoms. The summed E-state index contributed by atoms with van der Waals surface area (Å²) in [6.45, 7) is 1.31. The number of fused-ring (bicyclic) bond motifs is 1. The number of amides is 1. The molecule has 3 aromatic heterocycles.